The Kier molecular flexibility index (Phi) is 3.86. The second-order valence-corrected chi connectivity index (χ2v) is 2.74. The maximum Gasteiger partial charge on any atom is 0.211 e. The number of anilines is 2. The highest BCUT2D eigenvalue weighted by atomic mass is 16.1. The Balaban J connectivity index is 3.02. The van der Waals surface area contributed by atoms with Gasteiger partial charge in [-0.05, 0) is 17.7 Å². The lowest BCUT2D eigenvalue weighted by atomic mass is 10.1. The van der Waals surface area contributed by atoms with Crippen molar-refractivity contribution in [2.45, 2.75) is 6.42 Å². The van der Waals surface area contributed by atoms with Crippen molar-refractivity contribution in [2.75, 3.05) is 10.6 Å². The highest BCUT2D eigenvalue weighted by molar-refractivity contribution is 5.86. The van der Waals surface area contributed by atoms with E-state index in [0.717, 1.165) is 5.56 Å². The zero-order valence-electron chi connectivity index (χ0n) is 7.86. The van der Waals surface area contributed by atoms with Crippen LogP contribution in [-0.2, 0) is 16.0 Å². The van der Waals surface area contributed by atoms with E-state index in [0.29, 0.717) is 24.2 Å². The van der Waals surface area contributed by atoms with Gasteiger partial charge in [-0.1, -0.05) is 6.07 Å². The van der Waals surface area contributed by atoms with Crippen molar-refractivity contribution in [1.29, 1.82) is 5.26 Å². The van der Waals surface area contributed by atoms with E-state index < -0.39 is 0 Å². The van der Waals surface area contributed by atoms with Crippen LogP contribution in [0.15, 0.2) is 18.2 Å². The van der Waals surface area contributed by atoms with Crippen LogP contribution in [0.25, 0.3) is 0 Å². The van der Waals surface area contributed by atoms with E-state index in [1.54, 1.807) is 18.2 Å². The summed E-state index contributed by atoms with van der Waals surface area (Å²) >= 11 is 0. The first-order valence-electron chi connectivity index (χ1n) is 4.22. The van der Waals surface area contributed by atoms with E-state index in [1.165, 1.54) is 0 Å². The first-order chi connectivity index (χ1) is 7.31. The van der Waals surface area contributed by atoms with Gasteiger partial charge < -0.3 is 10.6 Å². The summed E-state index contributed by atoms with van der Waals surface area (Å²) in [6.07, 6.45) is 1.30. The minimum Gasteiger partial charge on any atom is -0.327 e. The average molecular weight is 203 g/mol. The standard InChI is InChI=1S/C10H9N3O2/c11-4-3-8-1-2-9(12-6-14)10(5-8)13-7-15/h1-2,5-7H,3H2,(H,12,14)(H,13,15). The largest absolute Gasteiger partial charge is 0.327 e. The van der Waals surface area contributed by atoms with Gasteiger partial charge in [-0.25, -0.2) is 0 Å². The van der Waals surface area contributed by atoms with E-state index in [9.17, 15) is 9.59 Å². The van der Waals surface area contributed by atoms with E-state index in [1.807, 2.05) is 6.07 Å². The molecule has 0 atom stereocenters. The molecule has 1 aromatic carbocycles. The fraction of sp³-hybridized carbons (Fsp3) is 0.100. The minimum atomic E-state index is 0.259. The number of hydrogen-bond acceptors (Lipinski definition) is 3. The first kappa shape index (κ1) is 10.7. The molecule has 0 unspecified atom stereocenters. The highest BCUT2D eigenvalue weighted by Crippen LogP contribution is 2.22. The molecular formula is C10H9N3O2. The summed E-state index contributed by atoms with van der Waals surface area (Å²) in [5.74, 6) is 0. The van der Waals surface area contributed by atoms with Crippen molar-refractivity contribution in [3.05, 3.63) is 23.8 Å². The summed E-state index contributed by atoms with van der Waals surface area (Å²) < 4.78 is 0. The van der Waals surface area contributed by atoms with Crippen molar-refractivity contribution < 1.29 is 9.59 Å². The summed E-state index contributed by atoms with van der Waals surface area (Å²) in [5, 5.41) is 13.4. The predicted octanol–water partition coefficient (Wildman–Crippen LogP) is 0.889. The van der Waals surface area contributed by atoms with E-state index in [-0.39, 0.29) is 6.42 Å². The monoisotopic (exact) mass is 203 g/mol. The van der Waals surface area contributed by atoms with Crippen LogP contribution < -0.4 is 10.6 Å². The molecule has 5 heteroatoms. The lowest BCUT2D eigenvalue weighted by molar-refractivity contribution is -0.106. The van der Waals surface area contributed by atoms with Gasteiger partial charge >= 0.3 is 0 Å². The Morgan fingerprint density at radius 2 is 1.87 bits per heavy atom. The van der Waals surface area contributed by atoms with Crippen molar-refractivity contribution in [2.24, 2.45) is 0 Å². The third kappa shape index (κ3) is 2.81. The first-order valence-corrected chi connectivity index (χ1v) is 4.22. The van der Waals surface area contributed by atoms with Crippen LogP contribution in [0.5, 0.6) is 0 Å². The van der Waals surface area contributed by atoms with Gasteiger partial charge in [-0.15, -0.1) is 0 Å². The fourth-order valence-electron chi connectivity index (χ4n) is 1.16. The molecule has 0 fully saturated rings. The van der Waals surface area contributed by atoms with Crippen LogP contribution in [0.4, 0.5) is 11.4 Å². The summed E-state index contributed by atoms with van der Waals surface area (Å²) in [6, 6.07) is 6.99. The van der Waals surface area contributed by atoms with Gasteiger partial charge in [0.15, 0.2) is 0 Å². The molecule has 0 spiro atoms. The molecule has 0 aliphatic rings. The van der Waals surface area contributed by atoms with Crippen LogP contribution in [-0.4, -0.2) is 12.8 Å². The topological polar surface area (TPSA) is 82.0 Å². The predicted molar refractivity (Wildman–Crippen MR) is 55.1 cm³/mol. The molecule has 0 aliphatic heterocycles. The van der Waals surface area contributed by atoms with Crippen molar-refractivity contribution in [3.63, 3.8) is 0 Å². The lowest BCUT2D eigenvalue weighted by Crippen LogP contribution is -2.02. The number of rotatable bonds is 5. The summed E-state index contributed by atoms with van der Waals surface area (Å²) in [4.78, 5) is 20.6. The van der Waals surface area contributed by atoms with Crippen LogP contribution >= 0.6 is 0 Å². The second kappa shape index (κ2) is 5.40. The van der Waals surface area contributed by atoms with Gasteiger partial charge in [-0.3, -0.25) is 9.59 Å². The molecular weight excluding hydrogens is 194 g/mol. The molecule has 0 radical (unpaired) electrons. The fourth-order valence-corrected chi connectivity index (χ4v) is 1.16. The molecule has 1 aromatic rings. The van der Waals surface area contributed by atoms with Gasteiger partial charge in [0.2, 0.25) is 12.8 Å². The molecule has 76 valence electrons. The molecule has 0 aromatic heterocycles. The zero-order chi connectivity index (χ0) is 11.1. The Hall–Kier alpha value is -2.35. The molecule has 0 saturated heterocycles. The smallest absolute Gasteiger partial charge is 0.211 e. The number of nitrogens with one attached hydrogen (secondary N) is 2. The van der Waals surface area contributed by atoms with Crippen molar-refractivity contribution >= 4 is 24.2 Å². The molecule has 0 bridgehead atoms. The van der Waals surface area contributed by atoms with Crippen LogP contribution in [0, 0.1) is 11.3 Å². The Morgan fingerprint density at radius 1 is 1.20 bits per heavy atom. The maximum atomic E-state index is 10.3. The normalized spacial score (nSPS) is 8.73. The molecule has 15 heavy (non-hydrogen) atoms. The van der Waals surface area contributed by atoms with Gasteiger partial charge in [0.25, 0.3) is 0 Å². The molecule has 5 nitrogen and oxygen atoms in total. The summed E-state index contributed by atoms with van der Waals surface area (Å²) in [7, 11) is 0. The van der Waals surface area contributed by atoms with Gasteiger partial charge in [0.05, 0.1) is 23.9 Å². The maximum absolute atomic E-state index is 10.3. The van der Waals surface area contributed by atoms with Crippen LogP contribution in [0.3, 0.4) is 0 Å². The van der Waals surface area contributed by atoms with Gasteiger partial charge in [-0.2, -0.15) is 5.26 Å². The molecule has 0 saturated carbocycles. The molecule has 2 amide bonds. The van der Waals surface area contributed by atoms with E-state index in [4.69, 9.17) is 5.26 Å². The Morgan fingerprint density at radius 3 is 2.47 bits per heavy atom. The number of hydrogen-bond donors (Lipinski definition) is 2. The van der Waals surface area contributed by atoms with E-state index in [2.05, 4.69) is 10.6 Å². The van der Waals surface area contributed by atoms with Gasteiger partial charge in [0.1, 0.15) is 0 Å². The van der Waals surface area contributed by atoms with Crippen LogP contribution in [0.1, 0.15) is 5.56 Å². The lowest BCUT2D eigenvalue weighted by Gasteiger charge is -2.07. The number of carbonyl (C=O) groups is 2. The molecule has 0 heterocycles. The average Bonchev–Trinajstić information content (AvgIpc) is 2.23. The van der Waals surface area contributed by atoms with Crippen LogP contribution in [0.2, 0.25) is 0 Å². The summed E-state index contributed by atoms with van der Waals surface area (Å²) in [6.45, 7) is 0. The van der Waals surface area contributed by atoms with Gasteiger partial charge in [0, 0.05) is 0 Å². The third-order valence-electron chi connectivity index (χ3n) is 1.80. The number of carbonyl (C=O) groups excluding carboxylic acids is 2. The Bertz CT molecular complexity index is 410. The summed E-state index contributed by atoms with van der Waals surface area (Å²) in [5.41, 5.74) is 1.75. The molecule has 2 N–H and O–H groups in total. The van der Waals surface area contributed by atoms with Crippen molar-refractivity contribution in [3.8, 4) is 6.07 Å². The Labute approximate surface area is 86.7 Å². The molecule has 0 aliphatic carbocycles. The third-order valence-corrected chi connectivity index (χ3v) is 1.80. The number of nitrogens with zero attached hydrogens (tertiary/aromatic N) is 1. The minimum absolute atomic E-state index is 0.259. The SMILES string of the molecule is N#CCc1ccc(NC=O)c(NC=O)c1. The van der Waals surface area contributed by atoms with Crippen molar-refractivity contribution in [1.82, 2.24) is 0 Å². The second-order valence-electron chi connectivity index (χ2n) is 2.74. The van der Waals surface area contributed by atoms with E-state index >= 15 is 0 Å². The number of benzene rings is 1. The number of nitriles is 1. The molecule has 1 rings (SSSR count). The highest BCUT2D eigenvalue weighted by Gasteiger charge is 2.02. The quantitative estimate of drug-likeness (QED) is 0.697. The zero-order valence-corrected chi connectivity index (χ0v) is 7.86. The number of amides is 2.